The number of Topliss-reactive ketones (excluding diaryl/α,β-unsaturated/α-hetero) is 1. The first-order chi connectivity index (χ1) is 17.5. The quantitative estimate of drug-likeness (QED) is 0.269. The van der Waals surface area contributed by atoms with Gasteiger partial charge < -0.3 is 14.4 Å². The molecule has 37 heavy (non-hydrogen) atoms. The molecule has 0 spiro atoms. The maximum Gasteiger partial charge on any atom is 0.416 e. The Labute approximate surface area is 220 Å². The molecule has 0 fully saturated rings. The Hall–Kier alpha value is -3.74. The first kappa shape index (κ1) is 27.8. The second-order valence-electron chi connectivity index (χ2n) is 7.70. The van der Waals surface area contributed by atoms with E-state index >= 15 is 0 Å². The molecule has 0 aliphatic carbocycles. The van der Waals surface area contributed by atoms with Crippen LogP contribution in [0.15, 0.2) is 66.7 Å². The molecule has 0 radical (unpaired) electrons. The molecular weight excluding hydrogens is 532 g/mol. The molecule has 6 nitrogen and oxygen atoms in total. The smallest absolute Gasteiger partial charge is 0.416 e. The summed E-state index contributed by atoms with van der Waals surface area (Å²) in [5.74, 6) is -2.54. The third-order valence-electron chi connectivity index (χ3n) is 5.17. The first-order valence-corrected chi connectivity index (χ1v) is 11.5. The van der Waals surface area contributed by atoms with Crippen molar-refractivity contribution in [3.63, 3.8) is 0 Å². The second kappa shape index (κ2) is 12.0. The maximum atomic E-state index is 12.8. The van der Waals surface area contributed by atoms with Gasteiger partial charge in [-0.15, -0.1) is 0 Å². The summed E-state index contributed by atoms with van der Waals surface area (Å²) in [6, 6.07) is 17.2. The number of benzene rings is 3. The molecule has 0 bridgehead atoms. The standard InChI is InChI=1S/C26H19Cl2F3N2O4/c1-33(17-5-3-2-4-6-17)25(35)19(15-32)22(34)11-12-36-24-14-18(8-9-20(24)27)37-23-10-7-16(13-21(23)28)26(29,30)31/h2-10,13-14,19H,11-12H2,1H3. The highest BCUT2D eigenvalue weighted by atomic mass is 35.5. The number of halogens is 5. The van der Waals surface area contributed by atoms with Gasteiger partial charge in [-0.05, 0) is 42.5 Å². The monoisotopic (exact) mass is 550 g/mol. The summed E-state index contributed by atoms with van der Waals surface area (Å²) >= 11 is 12.1. The van der Waals surface area contributed by atoms with Gasteiger partial charge in [0, 0.05) is 25.2 Å². The Balaban J connectivity index is 1.63. The molecule has 11 heteroatoms. The zero-order valence-corrected chi connectivity index (χ0v) is 20.8. The molecule has 3 aromatic rings. The van der Waals surface area contributed by atoms with Crippen molar-refractivity contribution in [1.29, 1.82) is 5.26 Å². The zero-order valence-electron chi connectivity index (χ0n) is 19.3. The molecule has 0 saturated carbocycles. The number of rotatable bonds is 9. The Kier molecular flexibility index (Phi) is 9.03. The van der Waals surface area contributed by atoms with Gasteiger partial charge >= 0.3 is 6.18 Å². The number of ether oxygens (including phenoxy) is 2. The van der Waals surface area contributed by atoms with Crippen LogP contribution in [0.1, 0.15) is 12.0 Å². The lowest BCUT2D eigenvalue weighted by molar-refractivity contribution is -0.137. The van der Waals surface area contributed by atoms with Crippen LogP contribution in [0.4, 0.5) is 18.9 Å². The van der Waals surface area contributed by atoms with Gasteiger partial charge in [-0.2, -0.15) is 18.4 Å². The van der Waals surface area contributed by atoms with Crippen LogP contribution in [0.3, 0.4) is 0 Å². The fraction of sp³-hybridized carbons (Fsp3) is 0.192. The highest BCUT2D eigenvalue weighted by Crippen LogP contribution is 2.38. The largest absolute Gasteiger partial charge is 0.491 e. The number of hydrogen-bond donors (Lipinski definition) is 0. The molecule has 3 rings (SSSR count). The van der Waals surface area contributed by atoms with E-state index in [0.717, 1.165) is 18.2 Å². The lowest BCUT2D eigenvalue weighted by atomic mass is 10.0. The van der Waals surface area contributed by atoms with E-state index < -0.39 is 29.3 Å². The normalized spacial score (nSPS) is 11.8. The van der Waals surface area contributed by atoms with Crippen LogP contribution in [0, 0.1) is 17.2 Å². The summed E-state index contributed by atoms with van der Waals surface area (Å²) < 4.78 is 49.6. The molecule has 1 amide bonds. The number of hydrogen-bond acceptors (Lipinski definition) is 5. The predicted molar refractivity (Wildman–Crippen MR) is 132 cm³/mol. The number of carbonyl (C=O) groups is 2. The molecule has 0 aliphatic heterocycles. The molecule has 0 aliphatic rings. The molecule has 0 aromatic heterocycles. The van der Waals surface area contributed by atoms with E-state index in [9.17, 15) is 28.0 Å². The van der Waals surface area contributed by atoms with Crippen LogP contribution in [0.2, 0.25) is 10.0 Å². The zero-order chi connectivity index (χ0) is 27.2. The predicted octanol–water partition coefficient (Wildman–Crippen LogP) is 6.95. The van der Waals surface area contributed by atoms with Crippen LogP contribution in [0.25, 0.3) is 0 Å². The maximum absolute atomic E-state index is 12.8. The lowest BCUT2D eigenvalue weighted by Crippen LogP contribution is -2.36. The molecule has 1 unspecified atom stereocenters. The summed E-state index contributed by atoms with van der Waals surface area (Å²) in [7, 11) is 1.47. The van der Waals surface area contributed by atoms with Gasteiger partial charge in [-0.25, -0.2) is 0 Å². The number of carbonyl (C=O) groups excluding carboxylic acids is 2. The number of anilines is 1. The number of alkyl halides is 3. The van der Waals surface area contributed by atoms with Gasteiger partial charge in [0.25, 0.3) is 5.91 Å². The van der Waals surface area contributed by atoms with Crippen molar-refractivity contribution >= 4 is 40.6 Å². The minimum absolute atomic E-state index is 0.0176. The molecule has 0 heterocycles. The van der Waals surface area contributed by atoms with Crippen molar-refractivity contribution in [1.82, 2.24) is 0 Å². The van der Waals surface area contributed by atoms with E-state index in [0.29, 0.717) is 5.69 Å². The van der Waals surface area contributed by atoms with E-state index in [4.69, 9.17) is 32.7 Å². The minimum atomic E-state index is -4.55. The van der Waals surface area contributed by atoms with Gasteiger partial charge in [-0.3, -0.25) is 9.59 Å². The van der Waals surface area contributed by atoms with Crippen molar-refractivity contribution in [2.24, 2.45) is 5.92 Å². The van der Waals surface area contributed by atoms with Gasteiger partial charge in [0.1, 0.15) is 17.2 Å². The van der Waals surface area contributed by atoms with Crippen molar-refractivity contribution in [2.45, 2.75) is 12.6 Å². The number of nitriles is 1. The van der Waals surface area contributed by atoms with Gasteiger partial charge in [0.2, 0.25) is 0 Å². The fourth-order valence-electron chi connectivity index (χ4n) is 3.19. The highest BCUT2D eigenvalue weighted by Gasteiger charge is 2.31. The number of amides is 1. The van der Waals surface area contributed by atoms with Crippen molar-refractivity contribution in [2.75, 3.05) is 18.6 Å². The van der Waals surface area contributed by atoms with Crippen LogP contribution in [-0.4, -0.2) is 25.3 Å². The molecular formula is C26H19Cl2F3N2O4. The van der Waals surface area contributed by atoms with Crippen LogP contribution in [-0.2, 0) is 15.8 Å². The van der Waals surface area contributed by atoms with Crippen molar-refractivity contribution in [3.05, 3.63) is 82.3 Å². The second-order valence-corrected chi connectivity index (χ2v) is 8.51. The lowest BCUT2D eigenvalue weighted by Gasteiger charge is -2.19. The number of ketones is 1. The number of nitrogens with zero attached hydrogens (tertiary/aromatic N) is 2. The summed E-state index contributed by atoms with van der Waals surface area (Å²) in [6.07, 6.45) is -4.80. The minimum Gasteiger partial charge on any atom is -0.491 e. The van der Waals surface area contributed by atoms with E-state index in [2.05, 4.69) is 0 Å². The molecule has 192 valence electrons. The van der Waals surface area contributed by atoms with Crippen molar-refractivity contribution in [3.8, 4) is 23.3 Å². The fourth-order valence-corrected chi connectivity index (χ4v) is 3.58. The summed E-state index contributed by atoms with van der Waals surface area (Å²) in [4.78, 5) is 26.5. The Morgan fingerprint density at radius 2 is 1.70 bits per heavy atom. The summed E-state index contributed by atoms with van der Waals surface area (Å²) in [5, 5.41) is 9.34. The van der Waals surface area contributed by atoms with E-state index in [-0.39, 0.29) is 40.3 Å². The third-order valence-corrected chi connectivity index (χ3v) is 5.78. The topological polar surface area (TPSA) is 79.6 Å². The van der Waals surface area contributed by atoms with Gasteiger partial charge in [-0.1, -0.05) is 41.4 Å². The van der Waals surface area contributed by atoms with E-state index in [1.54, 1.807) is 36.4 Å². The highest BCUT2D eigenvalue weighted by molar-refractivity contribution is 6.32. The molecule has 3 aromatic carbocycles. The molecule has 0 saturated heterocycles. The van der Waals surface area contributed by atoms with E-state index in [1.165, 1.54) is 30.1 Å². The van der Waals surface area contributed by atoms with Crippen molar-refractivity contribution < 1.29 is 32.2 Å². The first-order valence-electron chi connectivity index (χ1n) is 10.7. The van der Waals surface area contributed by atoms with Crippen LogP contribution < -0.4 is 14.4 Å². The molecule has 0 N–H and O–H groups in total. The number of para-hydroxylation sites is 1. The average Bonchev–Trinajstić information content (AvgIpc) is 2.86. The third kappa shape index (κ3) is 7.15. The van der Waals surface area contributed by atoms with Crippen LogP contribution in [0.5, 0.6) is 17.2 Å². The summed E-state index contributed by atoms with van der Waals surface area (Å²) in [5.41, 5.74) is -0.382. The van der Waals surface area contributed by atoms with E-state index in [1.807, 2.05) is 0 Å². The molecule has 1 atom stereocenters. The SMILES string of the molecule is CN(C(=O)C(C#N)C(=O)CCOc1cc(Oc2ccc(C(F)(F)F)cc2Cl)ccc1Cl)c1ccccc1. The van der Waals surface area contributed by atoms with Crippen LogP contribution >= 0.6 is 23.2 Å². The Morgan fingerprint density at radius 1 is 1.00 bits per heavy atom. The Bertz CT molecular complexity index is 1330. The van der Waals surface area contributed by atoms with Gasteiger partial charge in [0.05, 0.1) is 28.3 Å². The summed E-state index contributed by atoms with van der Waals surface area (Å²) in [6.45, 7) is -0.191. The average molecular weight is 551 g/mol. The van der Waals surface area contributed by atoms with Gasteiger partial charge in [0.15, 0.2) is 11.7 Å². The Morgan fingerprint density at radius 3 is 2.32 bits per heavy atom.